The van der Waals surface area contributed by atoms with Gasteiger partial charge in [0, 0.05) is 33.7 Å². The van der Waals surface area contributed by atoms with Gasteiger partial charge in [0.25, 0.3) is 0 Å². The molecule has 0 fully saturated rings. The van der Waals surface area contributed by atoms with Gasteiger partial charge in [0.2, 0.25) is 0 Å². The zero-order valence-electron chi connectivity index (χ0n) is 17.3. The molecule has 1 aliphatic rings. The Morgan fingerprint density at radius 2 is 1.64 bits per heavy atom. The van der Waals surface area contributed by atoms with Crippen molar-refractivity contribution in [3.63, 3.8) is 0 Å². The number of halogens is 1. The van der Waals surface area contributed by atoms with Crippen LogP contribution in [0.25, 0.3) is 11.0 Å². The monoisotopic (exact) mass is 458 g/mol. The second-order valence-corrected chi connectivity index (χ2v) is 8.10. The van der Waals surface area contributed by atoms with Crippen molar-refractivity contribution in [3.8, 4) is 0 Å². The van der Waals surface area contributed by atoms with Crippen LogP contribution in [-0.4, -0.2) is 17.5 Å². The van der Waals surface area contributed by atoms with Crippen LogP contribution < -0.4 is 5.63 Å². The van der Waals surface area contributed by atoms with Crippen LogP contribution in [0.2, 0.25) is 5.02 Å². The lowest BCUT2D eigenvalue weighted by Gasteiger charge is -2.19. The highest BCUT2D eigenvalue weighted by Crippen LogP contribution is 2.34. The molecule has 33 heavy (non-hydrogen) atoms. The van der Waals surface area contributed by atoms with Gasteiger partial charge in [-0.15, -0.1) is 0 Å². The fraction of sp³-hybridized carbons (Fsp3) is 0.0769. The first kappa shape index (κ1) is 20.8. The lowest BCUT2D eigenvalue weighted by atomic mass is 9.83. The number of aryl methyl sites for hydroxylation is 1. The van der Waals surface area contributed by atoms with Gasteiger partial charge in [-0.05, 0) is 30.7 Å². The van der Waals surface area contributed by atoms with Crippen LogP contribution >= 0.6 is 11.6 Å². The zero-order chi connectivity index (χ0) is 23.3. The number of benzene rings is 3. The molecule has 4 aromatic rings. The summed E-state index contributed by atoms with van der Waals surface area (Å²) in [6.45, 7) is 1.67. The number of hydrogen-bond acceptors (Lipinski definition) is 6. The lowest BCUT2D eigenvalue weighted by Crippen LogP contribution is -2.22. The summed E-state index contributed by atoms with van der Waals surface area (Å²) in [6.07, 6.45) is 0. The van der Waals surface area contributed by atoms with E-state index < -0.39 is 17.4 Å². The molecule has 7 heteroatoms. The first-order valence-electron chi connectivity index (χ1n) is 10.1. The number of ketones is 2. The molecule has 0 amide bonds. The van der Waals surface area contributed by atoms with Gasteiger partial charge in [-0.1, -0.05) is 48.0 Å². The summed E-state index contributed by atoms with van der Waals surface area (Å²) in [7, 11) is 0. The molecule has 0 unspecified atom stereocenters. The molecule has 1 aromatic heterocycles. The molecule has 0 bridgehead atoms. The predicted octanol–water partition coefficient (Wildman–Crippen LogP) is 4.89. The van der Waals surface area contributed by atoms with E-state index in [0.29, 0.717) is 22.1 Å². The van der Waals surface area contributed by atoms with E-state index in [1.165, 1.54) is 18.2 Å². The van der Waals surface area contributed by atoms with E-state index in [-0.39, 0.29) is 39.7 Å². The van der Waals surface area contributed by atoms with E-state index in [4.69, 9.17) is 20.8 Å². The van der Waals surface area contributed by atoms with E-state index in [9.17, 15) is 19.2 Å². The zero-order valence-corrected chi connectivity index (χ0v) is 18.1. The van der Waals surface area contributed by atoms with Crippen molar-refractivity contribution in [1.82, 2.24) is 0 Å². The van der Waals surface area contributed by atoms with Crippen LogP contribution in [0.1, 0.15) is 53.3 Å². The van der Waals surface area contributed by atoms with Crippen LogP contribution in [-0.2, 0) is 11.3 Å². The summed E-state index contributed by atoms with van der Waals surface area (Å²) in [4.78, 5) is 50.6. The summed E-state index contributed by atoms with van der Waals surface area (Å²) in [5.74, 6) is -1.54. The number of rotatable bonds is 3. The predicted molar refractivity (Wildman–Crippen MR) is 121 cm³/mol. The Balaban J connectivity index is 1.48. The highest BCUT2D eigenvalue weighted by Gasteiger charge is 2.33. The molecule has 5 rings (SSSR count). The third kappa shape index (κ3) is 3.45. The maximum atomic E-state index is 13.0. The van der Waals surface area contributed by atoms with Gasteiger partial charge >= 0.3 is 11.6 Å². The molecule has 0 saturated carbocycles. The summed E-state index contributed by atoms with van der Waals surface area (Å²) in [5.41, 5.74) is 1.84. The molecule has 0 spiro atoms. The van der Waals surface area contributed by atoms with Crippen LogP contribution in [0.4, 0.5) is 0 Å². The Labute approximate surface area is 192 Å². The molecule has 0 atom stereocenters. The molecule has 1 heterocycles. The van der Waals surface area contributed by atoms with Crippen molar-refractivity contribution in [2.75, 3.05) is 0 Å². The third-order valence-corrected chi connectivity index (χ3v) is 5.99. The minimum atomic E-state index is -0.782. The number of carbonyl (C=O) groups excluding carboxylic acids is 3. The molecule has 6 nitrogen and oxygen atoms in total. The van der Waals surface area contributed by atoms with Gasteiger partial charge in [-0.25, -0.2) is 9.59 Å². The molecule has 0 aliphatic heterocycles. The fourth-order valence-electron chi connectivity index (χ4n) is 3.98. The average Bonchev–Trinajstić information content (AvgIpc) is 2.80. The maximum absolute atomic E-state index is 13.0. The van der Waals surface area contributed by atoms with Gasteiger partial charge < -0.3 is 9.15 Å². The Morgan fingerprint density at radius 1 is 0.909 bits per heavy atom. The average molecular weight is 459 g/mol. The van der Waals surface area contributed by atoms with Gasteiger partial charge in [0.05, 0.1) is 16.1 Å². The Hall–Kier alpha value is -4.03. The molecule has 3 aromatic carbocycles. The van der Waals surface area contributed by atoms with E-state index in [1.807, 2.05) is 13.0 Å². The summed E-state index contributed by atoms with van der Waals surface area (Å²) in [6, 6.07) is 15.9. The molecule has 0 saturated heterocycles. The standard InChI is InChI=1S/C26H15ClO6/c1-13-6-7-15-14(11-21(28)33-20(15)10-13)12-32-26(31)19-9-8-18-22(23(19)27)25(30)17-5-3-2-4-16(17)24(18)29/h2-11H,12H2,1H3. The number of hydrogen-bond donors (Lipinski definition) is 0. The van der Waals surface area contributed by atoms with Crippen molar-refractivity contribution in [2.45, 2.75) is 13.5 Å². The summed E-state index contributed by atoms with van der Waals surface area (Å²) >= 11 is 6.43. The molecule has 162 valence electrons. The molecule has 0 N–H and O–H groups in total. The third-order valence-electron chi connectivity index (χ3n) is 5.59. The lowest BCUT2D eigenvalue weighted by molar-refractivity contribution is 0.0473. The highest BCUT2D eigenvalue weighted by molar-refractivity contribution is 6.41. The van der Waals surface area contributed by atoms with Crippen molar-refractivity contribution in [1.29, 1.82) is 0 Å². The normalized spacial score (nSPS) is 12.4. The van der Waals surface area contributed by atoms with Crippen molar-refractivity contribution in [3.05, 3.63) is 115 Å². The molecular weight excluding hydrogens is 444 g/mol. The van der Waals surface area contributed by atoms with Crippen molar-refractivity contribution in [2.24, 2.45) is 0 Å². The number of fused-ring (bicyclic) bond motifs is 3. The topological polar surface area (TPSA) is 90.7 Å². The van der Waals surface area contributed by atoms with Crippen LogP contribution in [0.3, 0.4) is 0 Å². The second kappa shape index (κ2) is 7.83. The van der Waals surface area contributed by atoms with Gasteiger partial charge in [-0.2, -0.15) is 0 Å². The van der Waals surface area contributed by atoms with E-state index in [1.54, 1.807) is 36.4 Å². The van der Waals surface area contributed by atoms with E-state index in [0.717, 1.165) is 5.56 Å². The van der Waals surface area contributed by atoms with Gasteiger partial charge in [-0.3, -0.25) is 9.59 Å². The Bertz CT molecular complexity index is 1560. The highest BCUT2D eigenvalue weighted by atomic mass is 35.5. The number of carbonyl (C=O) groups is 3. The Kier molecular flexibility index (Phi) is 4.95. The number of ether oxygens (including phenoxy) is 1. The minimum absolute atomic E-state index is 0.0175. The van der Waals surface area contributed by atoms with Crippen LogP contribution in [0.5, 0.6) is 0 Å². The smallest absolute Gasteiger partial charge is 0.340 e. The molecule has 0 radical (unpaired) electrons. The second-order valence-electron chi connectivity index (χ2n) is 7.72. The van der Waals surface area contributed by atoms with E-state index in [2.05, 4.69) is 0 Å². The summed E-state index contributed by atoms with van der Waals surface area (Å²) < 4.78 is 10.6. The molecular formula is C26H15ClO6. The van der Waals surface area contributed by atoms with Crippen molar-refractivity contribution < 1.29 is 23.5 Å². The van der Waals surface area contributed by atoms with Crippen molar-refractivity contribution >= 4 is 40.1 Å². The van der Waals surface area contributed by atoms with Crippen LogP contribution in [0.15, 0.2) is 69.9 Å². The maximum Gasteiger partial charge on any atom is 0.340 e. The Morgan fingerprint density at radius 3 is 2.39 bits per heavy atom. The van der Waals surface area contributed by atoms with Crippen LogP contribution in [0, 0.1) is 6.92 Å². The van der Waals surface area contributed by atoms with Gasteiger partial charge in [0.1, 0.15) is 12.2 Å². The first-order valence-corrected chi connectivity index (χ1v) is 10.4. The fourth-order valence-corrected chi connectivity index (χ4v) is 4.31. The van der Waals surface area contributed by atoms with Gasteiger partial charge in [0.15, 0.2) is 11.6 Å². The SMILES string of the molecule is Cc1ccc2c(COC(=O)c3ccc4c(c3Cl)C(=O)c3ccccc3C4=O)cc(=O)oc2c1. The van der Waals surface area contributed by atoms with E-state index >= 15 is 0 Å². The first-order chi connectivity index (χ1) is 15.8. The summed E-state index contributed by atoms with van der Waals surface area (Å²) in [5, 5.41) is 0.500. The molecule has 1 aliphatic carbocycles. The largest absolute Gasteiger partial charge is 0.457 e. The minimum Gasteiger partial charge on any atom is -0.457 e. The quantitative estimate of drug-likeness (QED) is 0.282. The number of esters is 1.